The molecule has 3 N–H and O–H groups in total. The summed E-state index contributed by atoms with van der Waals surface area (Å²) in [5.74, 6) is 0.463. The molecule has 1 aliphatic heterocycles. The number of guanidine groups is 1. The van der Waals surface area contributed by atoms with Crippen molar-refractivity contribution in [3.05, 3.63) is 71.8 Å². The van der Waals surface area contributed by atoms with Crippen LogP contribution in [0.25, 0.3) is 0 Å². The third-order valence-corrected chi connectivity index (χ3v) is 6.83. The SMILES string of the molecule is NC1=NC(c2ccccc2)(c2ccccc2)C(=O)N1CCCCNC(=O)C1CCCCCC1. The van der Waals surface area contributed by atoms with Gasteiger partial charge in [-0.05, 0) is 36.8 Å². The van der Waals surface area contributed by atoms with E-state index >= 15 is 0 Å². The van der Waals surface area contributed by atoms with E-state index in [1.807, 2.05) is 60.7 Å². The summed E-state index contributed by atoms with van der Waals surface area (Å²) in [7, 11) is 0. The Balaban J connectivity index is 1.37. The number of hydrogen-bond donors (Lipinski definition) is 2. The third kappa shape index (κ3) is 4.95. The highest BCUT2D eigenvalue weighted by Crippen LogP contribution is 2.39. The molecule has 2 aromatic carbocycles. The Kier molecular flexibility index (Phi) is 7.43. The fourth-order valence-electron chi connectivity index (χ4n) is 4.99. The van der Waals surface area contributed by atoms with Crippen molar-refractivity contribution in [1.82, 2.24) is 10.2 Å². The van der Waals surface area contributed by atoms with Gasteiger partial charge in [-0.1, -0.05) is 86.3 Å². The number of carbonyl (C=O) groups is 2. The van der Waals surface area contributed by atoms with Crippen LogP contribution in [0.2, 0.25) is 0 Å². The molecule has 2 aromatic rings. The largest absolute Gasteiger partial charge is 0.369 e. The number of unbranched alkanes of at least 4 members (excludes halogenated alkanes) is 1. The van der Waals surface area contributed by atoms with Gasteiger partial charge in [0, 0.05) is 19.0 Å². The van der Waals surface area contributed by atoms with E-state index in [-0.39, 0.29) is 23.7 Å². The van der Waals surface area contributed by atoms with Crippen LogP contribution in [-0.2, 0) is 15.1 Å². The van der Waals surface area contributed by atoms with Crippen LogP contribution in [0.3, 0.4) is 0 Å². The smallest absolute Gasteiger partial charge is 0.266 e. The first kappa shape index (κ1) is 23.0. The topological polar surface area (TPSA) is 87.8 Å². The number of rotatable bonds is 8. The number of benzene rings is 2. The molecule has 6 nitrogen and oxygen atoms in total. The molecule has 1 heterocycles. The van der Waals surface area contributed by atoms with Crippen molar-refractivity contribution in [3.8, 4) is 0 Å². The number of aliphatic imine (C=N–C) groups is 1. The van der Waals surface area contributed by atoms with Crippen LogP contribution in [0.1, 0.15) is 62.5 Å². The van der Waals surface area contributed by atoms with Gasteiger partial charge in [0.05, 0.1) is 0 Å². The second kappa shape index (κ2) is 10.6. The van der Waals surface area contributed by atoms with Crippen molar-refractivity contribution in [2.24, 2.45) is 16.6 Å². The first-order chi connectivity index (χ1) is 16.1. The van der Waals surface area contributed by atoms with Gasteiger partial charge in [0.2, 0.25) is 5.91 Å². The summed E-state index contributed by atoms with van der Waals surface area (Å²) in [6.45, 7) is 1.10. The maximum Gasteiger partial charge on any atom is 0.266 e. The number of nitrogens with one attached hydrogen (secondary N) is 1. The summed E-state index contributed by atoms with van der Waals surface area (Å²) in [4.78, 5) is 32.5. The summed E-state index contributed by atoms with van der Waals surface area (Å²) < 4.78 is 0. The minimum absolute atomic E-state index is 0.125. The zero-order valence-corrected chi connectivity index (χ0v) is 19.2. The molecule has 0 spiro atoms. The van der Waals surface area contributed by atoms with E-state index in [0.29, 0.717) is 13.1 Å². The van der Waals surface area contributed by atoms with Gasteiger partial charge in [-0.3, -0.25) is 14.5 Å². The molecule has 1 saturated carbocycles. The molecule has 0 unspecified atom stereocenters. The van der Waals surface area contributed by atoms with Gasteiger partial charge < -0.3 is 11.1 Å². The number of carbonyl (C=O) groups excluding carboxylic acids is 2. The Labute approximate surface area is 196 Å². The molecule has 6 heteroatoms. The first-order valence-electron chi connectivity index (χ1n) is 12.2. The maximum atomic E-state index is 13.7. The van der Waals surface area contributed by atoms with Crippen molar-refractivity contribution in [3.63, 3.8) is 0 Å². The molecule has 0 aromatic heterocycles. The van der Waals surface area contributed by atoms with Crippen molar-refractivity contribution in [2.75, 3.05) is 13.1 Å². The average molecular weight is 447 g/mol. The van der Waals surface area contributed by atoms with Crippen LogP contribution in [0, 0.1) is 5.92 Å². The highest BCUT2D eigenvalue weighted by Gasteiger charge is 2.50. The summed E-state index contributed by atoms with van der Waals surface area (Å²) in [6.07, 6.45) is 8.32. The van der Waals surface area contributed by atoms with Gasteiger partial charge in [0.1, 0.15) is 0 Å². The molecule has 1 aliphatic carbocycles. The Bertz CT molecular complexity index is 927. The normalized spacial score (nSPS) is 18.6. The monoisotopic (exact) mass is 446 g/mol. The Morgan fingerprint density at radius 1 is 0.939 bits per heavy atom. The van der Waals surface area contributed by atoms with E-state index in [2.05, 4.69) is 5.32 Å². The molecule has 33 heavy (non-hydrogen) atoms. The van der Waals surface area contributed by atoms with E-state index in [1.54, 1.807) is 4.90 Å². The zero-order chi connectivity index (χ0) is 23.1. The number of hydrogen-bond acceptors (Lipinski definition) is 4. The number of nitrogens with two attached hydrogens (primary N) is 1. The minimum Gasteiger partial charge on any atom is -0.369 e. The Morgan fingerprint density at radius 3 is 2.09 bits per heavy atom. The highest BCUT2D eigenvalue weighted by atomic mass is 16.2. The van der Waals surface area contributed by atoms with Crippen molar-refractivity contribution >= 4 is 17.8 Å². The lowest BCUT2D eigenvalue weighted by Gasteiger charge is -2.27. The molecule has 0 bridgehead atoms. The molecule has 0 saturated heterocycles. The Hall–Kier alpha value is -3.15. The lowest BCUT2D eigenvalue weighted by Crippen LogP contribution is -2.44. The molecule has 0 atom stereocenters. The van der Waals surface area contributed by atoms with Gasteiger partial charge in [-0.25, -0.2) is 4.99 Å². The molecular formula is C27H34N4O2. The maximum absolute atomic E-state index is 13.7. The van der Waals surface area contributed by atoms with Gasteiger partial charge in [-0.15, -0.1) is 0 Å². The minimum atomic E-state index is -1.15. The van der Waals surface area contributed by atoms with Crippen LogP contribution in [0.4, 0.5) is 0 Å². The van der Waals surface area contributed by atoms with E-state index in [9.17, 15) is 9.59 Å². The van der Waals surface area contributed by atoms with Gasteiger partial charge in [0.25, 0.3) is 5.91 Å². The van der Waals surface area contributed by atoms with Crippen LogP contribution in [0.5, 0.6) is 0 Å². The Morgan fingerprint density at radius 2 is 1.52 bits per heavy atom. The van der Waals surface area contributed by atoms with Crippen molar-refractivity contribution in [2.45, 2.75) is 56.9 Å². The standard InChI is InChI=1S/C27H34N4O2/c28-26-30-27(22-15-7-3-8-16-22,23-17-9-4-10-18-23)25(33)31(26)20-12-11-19-29-24(32)21-13-5-1-2-6-14-21/h3-4,7-10,15-18,21H,1-2,5-6,11-14,19-20H2,(H2,28,30)(H,29,32). The van der Waals surface area contributed by atoms with E-state index < -0.39 is 5.54 Å². The second-order valence-electron chi connectivity index (χ2n) is 9.06. The lowest BCUT2D eigenvalue weighted by molar-refractivity contribution is -0.130. The summed E-state index contributed by atoms with van der Waals surface area (Å²) in [5.41, 5.74) is 6.74. The predicted molar refractivity (Wildman–Crippen MR) is 130 cm³/mol. The van der Waals surface area contributed by atoms with Gasteiger partial charge in [-0.2, -0.15) is 0 Å². The number of nitrogens with zero attached hydrogens (tertiary/aromatic N) is 2. The molecule has 2 amide bonds. The molecular weight excluding hydrogens is 412 g/mol. The zero-order valence-electron chi connectivity index (χ0n) is 19.2. The molecule has 0 radical (unpaired) electrons. The second-order valence-corrected chi connectivity index (χ2v) is 9.06. The molecule has 1 fully saturated rings. The van der Waals surface area contributed by atoms with Gasteiger partial charge >= 0.3 is 0 Å². The van der Waals surface area contributed by atoms with Crippen LogP contribution in [0.15, 0.2) is 65.7 Å². The quantitative estimate of drug-likeness (QED) is 0.475. The average Bonchev–Trinajstić information content (AvgIpc) is 3.02. The first-order valence-corrected chi connectivity index (χ1v) is 12.2. The third-order valence-electron chi connectivity index (χ3n) is 6.83. The molecule has 174 valence electrons. The van der Waals surface area contributed by atoms with Crippen LogP contribution >= 0.6 is 0 Å². The van der Waals surface area contributed by atoms with E-state index in [0.717, 1.165) is 49.7 Å². The van der Waals surface area contributed by atoms with Gasteiger partial charge in [0.15, 0.2) is 11.5 Å². The van der Waals surface area contributed by atoms with Crippen molar-refractivity contribution in [1.29, 1.82) is 0 Å². The summed E-state index contributed by atoms with van der Waals surface area (Å²) in [6, 6.07) is 19.2. The lowest BCUT2D eigenvalue weighted by atomic mass is 9.83. The van der Waals surface area contributed by atoms with E-state index in [4.69, 9.17) is 10.7 Å². The van der Waals surface area contributed by atoms with E-state index in [1.165, 1.54) is 12.8 Å². The predicted octanol–water partition coefficient (Wildman–Crippen LogP) is 3.95. The fraction of sp³-hybridized carbons (Fsp3) is 0.444. The van der Waals surface area contributed by atoms with Crippen molar-refractivity contribution < 1.29 is 9.59 Å². The van der Waals surface area contributed by atoms with Crippen LogP contribution in [-0.4, -0.2) is 35.8 Å². The molecule has 4 rings (SSSR count). The fourth-order valence-corrected chi connectivity index (χ4v) is 4.99. The number of amides is 2. The van der Waals surface area contributed by atoms with Crippen LogP contribution < -0.4 is 11.1 Å². The summed E-state index contributed by atoms with van der Waals surface area (Å²) in [5, 5.41) is 3.09. The summed E-state index contributed by atoms with van der Waals surface area (Å²) >= 11 is 0. The highest BCUT2D eigenvalue weighted by molar-refractivity contribution is 6.09. The molecule has 2 aliphatic rings.